The zero-order valence-corrected chi connectivity index (χ0v) is 13.8. The van der Waals surface area contributed by atoms with E-state index in [1.165, 1.54) is 18.6 Å². The minimum Gasteiger partial charge on any atom is -0.501 e. The Kier molecular flexibility index (Phi) is 7.04. The van der Waals surface area contributed by atoms with E-state index in [4.69, 9.17) is 9.47 Å². The Morgan fingerprint density at radius 3 is 1.62 bits per heavy atom. The highest BCUT2D eigenvalue weighted by molar-refractivity contribution is 5.96. The summed E-state index contributed by atoms with van der Waals surface area (Å²) in [7, 11) is 0. The highest BCUT2D eigenvalue weighted by Gasteiger charge is 2.24. The average Bonchev–Trinajstić information content (AvgIpc) is 2.55. The van der Waals surface area contributed by atoms with E-state index in [0.717, 1.165) is 0 Å². The molecular weight excluding hydrogens is 312 g/mol. The summed E-state index contributed by atoms with van der Waals surface area (Å²) in [6, 6.07) is 2.81. The molecule has 0 aliphatic rings. The van der Waals surface area contributed by atoms with Crippen molar-refractivity contribution in [1.29, 1.82) is 0 Å². The van der Waals surface area contributed by atoms with Crippen LogP contribution in [0.15, 0.2) is 37.8 Å². The second kappa shape index (κ2) is 8.76. The van der Waals surface area contributed by atoms with Crippen LogP contribution in [0.1, 0.15) is 57.5 Å². The first-order valence-electron chi connectivity index (χ1n) is 7.42. The monoisotopic (exact) mass is 334 g/mol. The van der Waals surface area contributed by atoms with E-state index in [0.29, 0.717) is 11.1 Å². The van der Waals surface area contributed by atoms with Crippen LogP contribution >= 0.6 is 0 Å². The van der Waals surface area contributed by atoms with E-state index in [2.05, 4.69) is 13.2 Å². The highest BCUT2D eigenvalue weighted by atomic mass is 16.5. The molecule has 0 fully saturated rings. The Labute approximate surface area is 141 Å². The molecule has 0 aliphatic carbocycles. The van der Waals surface area contributed by atoms with Crippen molar-refractivity contribution < 1.29 is 29.3 Å². The molecular formula is C18H22O6. The van der Waals surface area contributed by atoms with Crippen molar-refractivity contribution in [2.75, 3.05) is 13.2 Å². The van der Waals surface area contributed by atoms with Crippen LogP contribution in [0.4, 0.5) is 0 Å². The molecule has 0 spiro atoms. The fourth-order valence-corrected chi connectivity index (χ4v) is 2.42. The van der Waals surface area contributed by atoms with Gasteiger partial charge >= 0.3 is 11.9 Å². The Morgan fingerprint density at radius 2 is 1.33 bits per heavy atom. The highest BCUT2D eigenvalue weighted by Crippen LogP contribution is 2.29. The van der Waals surface area contributed by atoms with Crippen LogP contribution in [0.2, 0.25) is 0 Å². The van der Waals surface area contributed by atoms with Crippen molar-refractivity contribution in [3.8, 4) is 0 Å². The topological polar surface area (TPSA) is 93.1 Å². The zero-order chi connectivity index (χ0) is 18.3. The largest absolute Gasteiger partial charge is 0.501 e. The lowest BCUT2D eigenvalue weighted by molar-refractivity contribution is 0.0694. The van der Waals surface area contributed by atoms with Crippen LogP contribution in [-0.4, -0.2) is 35.4 Å². The summed E-state index contributed by atoms with van der Waals surface area (Å²) in [4.78, 5) is 23.1. The third-order valence-electron chi connectivity index (χ3n) is 3.67. The molecule has 24 heavy (non-hydrogen) atoms. The third kappa shape index (κ3) is 4.62. The van der Waals surface area contributed by atoms with Gasteiger partial charge in [-0.2, -0.15) is 0 Å². The maximum absolute atomic E-state index is 11.5. The van der Waals surface area contributed by atoms with Crippen molar-refractivity contribution in [2.45, 2.75) is 25.7 Å². The maximum Gasteiger partial charge on any atom is 0.336 e. The fourth-order valence-electron chi connectivity index (χ4n) is 2.42. The van der Waals surface area contributed by atoms with Gasteiger partial charge in [-0.05, 0) is 17.2 Å². The van der Waals surface area contributed by atoms with Crippen molar-refractivity contribution in [2.24, 2.45) is 0 Å². The minimum atomic E-state index is -1.18. The van der Waals surface area contributed by atoms with Crippen molar-refractivity contribution in [3.05, 3.63) is 60.1 Å². The van der Waals surface area contributed by atoms with Gasteiger partial charge in [0.2, 0.25) is 0 Å². The SMILES string of the molecule is C=COCC(C)c1cc(C(C)COC=C)c(C(=O)O)cc1C(=O)O. The predicted molar refractivity (Wildman–Crippen MR) is 89.5 cm³/mol. The molecule has 0 aliphatic heterocycles. The van der Waals surface area contributed by atoms with E-state index in [9.17, 15) is 19.8 Å². The van der Waals surface area contributed by atoms with E-state index in [1.54, 1.807) is 19.9 Å². The van der Waals surface area contributed by atoms with Crippen LogP contribution < -0.4 is 0 Å². The van der Waals surface area contributed by atoms with Crippen molar-refractivity contribution in [3.63, 3.8) is 0 Å². The molecule has 0 radical (unpaired) electrons. The number of rotatable bonds is 10. The molecule has 2 unspecified atom stereocenters. The van der Waals surface area contributed by atoms with Gasteiger partial charge in [-0.3, -0.25) is 0 Å². The number of ether oxygens (including phenoxy) is 2. The zero-order valence-electron chi connectivity index (χ0n) is 13.8. The van der Waals surface area contributed by atoms with E-state index < -0.39 is 11.9 Å². The van der Waals surface area contributed by atoms with Gasteiger partial charge in [0.15, 0.2) is 0 Å². The molecule has 2 atom stereocenters. The molecule has 0 aromatic heterocycles. The first-order chi connectivity index (χ1) is 11.3. The lowest BCUT2D eigenvalue weighted by Crippen LogP contribution is -2.16. The third-order valence-corrected chi connectivity index (χ3v) is 3.67. The summed E-state index contributed by atoms with van der Waals surface area (Å²) in [6.45, 7) is 11.0. The van der Waals surface area contributed by atoms with Crippen molar-refractivity contribution in [1.82, 2.24) is 0 Å². The average molecular weight is 334 g/mol. The number of hydrogen-bond donors (Lipinski definition) is 2. The van der Waals surface area contributed by atoms with Gasteiger partial charge in [-0.1, -0.05) is 33.1 Å². The minimum absolute atomic E-state index is 0.0480. The second-order valence-electron chi connectivity index (χ2n) is 5.44. The standard InChI is InChI=1S/C18H22O6/c1-5-23-9-11(3)13-7-14(12(4)10-24-6-2)16(18(21)22)8-15(13)17(19)20/h5-8,11-12H,1-2,9-10H2,3-4H3,(H,19,20)(H,21,22). The second-order valence-corrected chi connectivity index (χ2v) is 5.44. The Bertz CT molecular complexity index is 583. The number of carbonyl (C=O) groups is 2. The predicted octanol–water partition coefficient (Wildman–Crippen LogP) is 3.61. The molecule has 0 bridgehead atoms. The van der Waals surface area contributed by atoms with Gasteiger partial charge in [-0.25, -0.2) is 9.59 Å². The molecule has 1 aromatic rings. The van der Waals surface area contributed by atoms with Gasteiger partial charge in [0.05, 0.1) is 36.9 Å². The molecule has 1 rings (SSSR count). The maximum atomic E-state index is 11.5. The van der Waals surface area contributed by atoms with Crippen LogP contribution in [0.3, 0.4) is 0 Å². The van der Waals surface area contributed by atoms with Crippen LogP contribution in [0.25, 0.3) is 0 Å². The molecule has 6 heteroatoms. The van der Waals surface area contributed by atoms with Crippen molar-refractivity contribution >= 4 is 11.9 Å². The molecule has 0 saturated heterocycles. The number of carboxylic acid groups (broad SMARTS) is 2. The quantitative estimate of drug-likeness (QED) is 0.635. The summed E-state index contributed by atoms with van der Waals surface area (Å²) in [5.41, 5.74) is 0.922. The lowest BCUT2D eigenvalue weighted by atomic mass is 9.87. The first-order valence-corrected chi connectivity index (χ1v) is 7.42. The summed E-state index contributed by atoms with van der Waals surface area (Å²) in [6.07, 6.45) is 2.56. The molecule has 0 saturated carbocycles. The van der Waals surface area contributed by atoms with Crippen LogP contribution in [-0.2, 0) is 9.47 Å². The Balaban J connectivity index is 3.44. The van der Waals surface area contributed by atoms with Gasteiger partial charge in [-0.15, -0.1) is 0 Å². The molecule has 0 heterocycles. The van der Waals surface area contributed by atoms with Crippen LogP contribution in [0.5, 0.6) is 0 Å². The Morgan fingerprint density at radius 1 is 0.958 bits per heavy atom. The number of benzene rings is 1. The summed E-state index contributed by atoms with van der Waals surface area (Å²) in [5, 5.41) is 18.9. The fraction of sp³-hybridized carbons (Fsp3) is 0.333. The smallest absolute Gasteiger partial charge is 0.336 e. The molecule has 0 amide bonds. The molecule has 1 aromatic carbocycles. The summed E-state index contributed by atoms with van der Waals surface area (Å²) < 4.78 is 10.3. The molecule has 6 nitrogen and oxygen atoms in total. The lowest BCUT2D eigenvalue weighted by Gasteiger charge is -2.20. The van der Waals surface area contributed by atoms with Gasteiger partial charge in [0.25, 0.3) is 0 Å². The van der Waals surface area contributed by atoms with Gasteiger partial charge in [0, 0.05) is 11.8 Å². The summed E-state index contributed by atoms with van der Waals surface area (Å²) in [5.74, 6) is -2.86. The van der Waals surface area contributed by atoms with Gasteiger partial charge < -0.3 is 19.7 Å². The van der Waals surface area contributed by atoms with E-state index in [1.807, 2.05) is 0 Å². The van der Waals surface area contributed by atoms with Crippen LogP contribution in [0, 0.1) is 0 Å². The normalized spacial score (nSPS) is 12.8. The van der Waals surface area contributed by atoms with E-state index >= 15 is 0 Å². The molecule has 2 N–H and O–H groups in total. The molecule has 130 valence electrons. The van der Waals surface area contributed by atoms with Gasteiger partial charge in [0.1, 0.15) is 0 Å². The van der Waals surface area contributed by atoms with E-state index in [-0.39, 0.29) is 36.2 Å². The Hall–Kier alpha value is -2.76. The summed E-state index contributed by atoms with van der Waals surface area (Å²) >= 11 is 0. The number of aromatic carboxylic acids is 2. The first kappa shape index (κ1) is 19.3. The number of hydrogen-bond acceptors (Lipinski definition) is 4. The number of carboxylic acids is 2.